The van der Waals surface area contributed by atoms with Gasteiger partial charge in [-0.05, 0) is 49.1 Å². The number of hydrogen-bond acceptors (Lipinski definition) is 6. The lowest BCUT2D eigenvalue weighted by molar-refractivity contribution is -0.134. The topological polar surface area (TPSA) is 124 Å². The first kappa shape index (κ1) is 24.1. The summed E-state index contributed by atoms with van der Waals surface area (Å²) < 4.78 is 33.4. The van der Waals surface area contributed by atoms with Crippen molar-refractivity contribution in [3.05, 3.63) is 53.9 Å². The molecule has 2 N–H and O–H groups in total. The summed E-state index contributed by atoms with van der Waals surface area (Å²) in [5.74, 6) is -4.84. The first-order chi connectivity index (χ1) is 16.7. The van der Waals surface area contributed by atoms with Gasteiger partial charge in [-0.1, -0.05) is 0 Å². The SMILES string of the molecule is COc1ccc(C(=O)Nc2cnccc2C(=O)NCC(=O)N2CC(F)(F)C[C@]2(C#N)C2CC2)cc1. The van der Waals surface area contributed by atoms with Crippen LogP contribution in [0.5, 0.6) is 5.75 Å². The number of carbonyl (C=O) groups is 3. The molecule has 1 saturated heterocycles. The Labute approximate surface area is 200 Å². The van der Waals surface area contributed by atoms with Gasteiger partial charge in [0.2, 0.25) is 5.91 Å². The van der Waals surface area contributed by atoms with Crippen molar-refractivity contribution in [1.29, 1.82) is 5.26 Å². The average Bonchev–Trinajstić information content (AvgIpc) is 3.67. The lowest BCUT2D eigenvalue weighted by Crippen LogP contribution is -2.51. The number of amides is 3. The molecule has 0 bridgehead atoms. The molecule has 4 rings (SSSR count). The molecule has 182 valence electrons. The van der Waals surface area contributed by atoms with Gasteiger partial charge in [-0.15, -0.1) is 0 Å². The first-order valence-electron chi connectivity index (χ1n) is 11.0. The van der Waals surface area contributed by atoms with Gasteiger partial charge in [0.15, 0.2) is 0 Å². The Morgan fingerprint density at radius 1 is 1.20 bits per heavy atom. The van der Waals surface area contributed by atoms with E-state index in [4.69, 9.17) is 4.74 Å². The number of hydrogen-bond donors (Lipinski definition) is 2. The second-order valence-electron chi connectivity index (χ2n) is 8.61. The molecule has 0 radical (unpaired) electrons. The van der Waals surface area contributed by atoms with Gasteiger partial charge in [-0.2, -0.15) is 5.26 Å². The van der Waals surface area contributed by atoms with Crippen LogP contribution in [-0.2, 0) is 4.79 Å². The van der Waals surface area contributed by atoms with Crippen molar-refractivity contribution in [3.63, 3.8) is 0 Å². The number of ether oxygens (including phenoxy) is 1. The summed E-state index contributed by atoms with van der Waals surface area (Å²) in [6.07, 6.45) is 3.14. The highest BCUT2D eigenvalue weighted by Crippen LogP contribution is 2.52. The average molecular weight is 483 g/mol. The van der Waals surface area contributed by atoms with E-state index < -0.39 is 48.7 Å². The van der Waals surface area contributed by atoms with Crippen molar-refractivity contribution in [1.82, 2.24) is 15.2 Å². The normalized spacial score (nSPS) is 20.6. The molecule has 2 aliphatic rings. The fraction of sp³-hybridized carbons (Fsp3) is 0.375. The van der Waals surface area contributed by atoms with Crippen molar-refractivity contribution < 1.29 is 27.9 Å². The minimum absolute atomic E-state index is 0.0372. The number of likely N-dealkylation sites (tertiary alicyclic amines) is 1. The third-order valence-electron chi connectivity index (χ3n) is 6.21. The van der Waals surface area contributed by atoms with Crippen LogP contribution in [0.15, 0.2) is 42.7 Å². The smallest absolute Gasteiger partial charge is 0.268 e. The molecule has 2 heterocycles. The van der Waals surface area contributed by atoms with Crippen LogP contribution in [0.4, 0.5) is 14.5 Å². The molecule has 0 spiro atoms. The van der Waals surface area contributed by atoms with Gasteiger partial charge in [-0.3, -0.25) is 19.4 Å². The molecule has 3 amide bonds. The standard InChI is InChI=1S/C24H23F2N5O4/c1-35-17-6-2-15(3-7-17)21(33)30-19-10-28-9-8-18(19)22(34)29-11-20(32)31-14-24(25,26)12-23(31,13-27)16-4-5-16/h2-3,6-10,16H,4-5,11-12,14H2,1H3,(H,29,34)(H,30,33)/t23-/m0/s1. The molecule has 9 nitrogen and oxygen atoms in total. The number of nitrogens with one attached hydrogen (secondary N) is 2. The Bertz CT molecular complexity index is 1190. The molecular weight excluding hydrogens is 460 g/mol. The molecule has 1 aliphatic carbocycles. The van der Waals surface area contributed by atoms with Crippen LogP contribution in [0.3, 0.4) is 0 Å². The van der Waals surface area contributed by atoms with Gasteiger partial charge in [0, 0.05) is 11.8 Å². The Kier molecular flexibility index (Phi) is 6.39. The number of alkyl halides is 2. The molecule has 1 aliphatic heterocycles. The van der Waals surface area contributed by atoms with Crippen molar-refractivity contribution >= 4 is 23.4 Å². The van der Waals surface area contributed by atoms with Crippen molar-refractivity contribution in [2.75, 3.05) is 25.5 Å². The van der Waals surface area contributed by atoms with Crippen LogP contribution in [0, 0.1) is 17.2 Å². The van der Waals surface area contributed by atoms with E-state index in [9.17, 15) is 28.4 Å². The molecule has 11 heteroatoms. The highest BCUT2D eigenvalue weighted by molar-refractivity contribution is 6.09. The number of benzene rings is 1. The van der Waals surface area contributed by atoms with Gasteiger partial charge >= 0.3 is 0 Å². The Morgan fingerprint density at radius 3 is 2.54 bits per heavy atom. The van der Waals surface area contributed by atoms with E-state index in [1.165, 1.54) is 25.6 Å². The lowest BCUT2D eigenvalue weighted by atomic mass is 9.91. The molecule has 1 saturated carbocycles. The molecule has 35 heavy (non-hydrogen) atoms. The van der Waals surface area contributed by atoms with Crippen LogP contribution >= 0.6 is 0 Å². The van der Waals surface area contributed by atoms with E-state index in [1.54, 1.807) is 24.3 Å². The van der Waals surface area contributed by atoms with Crippen molar-refractivity contribution in [3.8, 4) is 11.8 Å². The quantitative estimate of drug-likeness (QED) is 0.624. The first-order valence-corrected chi connectivity index (χ1v) is 11.0. The van der Waals surface area contributed by atoms with Gasteiger partial charge in [0.1, 0.15) is 11.3 Å². The van der Waals surface area contributed by atoms with Crippen molar-refractivity contribution in [2.45, 2.75) is 30.7 Å². The summed E-state index contributed by atoms with van der Waals surface area (Å²) in [7, 11) is 1.50. The maximum atomic E-state index is 14.2. The van der Waals surface area contributed by atoms with Gasteiger partial charge < -0.3 is 20.3 Å². The van der Waals surface area contributed by atoms with Crippen molar-refractivity contribution in [2.24, 2.45) is 5.92 Å². The van der Waals surface area contributed by atoms with Crippen LogP contribution in [-0.4, -0.2) is 59.3 Å². The molecule has 1 atom stereocenters. The summed E-state index contributed by atoms with van der Waals surface area (Å²) in [6.45, 7) is -1.43. The predicted molar refractivity (Wildman–Crippen MR) is 120 cm³/mol. The number of carbonyl (C=O) groups excluding carboxylic acids is 3. The van der Waals surface area contributed by atoms with Gasteiger partial charge in [-0.25, -0.2) is 8.78 Å². The van der Waals surface area contributed by atoms with Crippen LogP contribution in [0.25, 0.3) is 0 Å². The zero-order valence-electron chi connectivity index (χ0n) is 18.9. The highest BCUT2D eigenvalue weighted by atomic mass is 19.3. The van der Waals surface area contributed by atoms with Crippen LogP contribution in [0.1, 0.15) is 40.0 Å². The summed E-state index contributed by atoms with van der Waals surface area (Å²) >= 11 is 0. The number of aromatic nitrogens is 1. The molecule has 1 aromatic carbocycles. The Morgan fingerprint density at radius 2 is 1.91 bits per heavy atom. The Hall–Kier alpha value is -4.07. The van der Waals surface area contributed by atoms with Gasteiger partial charge in [0.25, 0.3) is 17.7 Å². The van der Waals surface area contributed by atoms with E-state index in [-0.39, 0.29) is 17.2 Å². The highest BCUT2D eigenvalue weighted by Gasteiger charge is 2.62. The third kappa shape index (κ3) is 4.91. The number of methoxy groups -OCH3 is 1. The summed E-state index contributed by atoms with van der Waals surface area (Å²) in [4.78, 5) is 43.0. The number of anilines is 1. The van der Waals surface area contributed by atoms with E-state index in [0.29, 0.717) is 24.2 Å². The number of halogens is 2. The minimum atomic E-state index is -3.16. The van der Waals surface area contributed by atoms with E-state index >= 15 is 0 Å². The van der Waals surface area contributed by atoms with Crippen LogP contribution < -0.4 is 15.4 Å². The largest absolute Gasteiger partial charge is 0.497 e. The number of nitriles is 1. The fourth-order valence-electron chi connectivity index (χ4n) is 4.32. The monoisotopic (exact) mass is 483 g/mol. The lowest BCUT2D eigenvalue weighted by Gasteiger charge is -2.31. The summed E-state index contributed by atoms with van der Waals surface area (Å²) in [5.41, 5.74) is -1.09. The van der Waals surface area contributed by atoms with Gasteiger partial charge in [0.05, 0.1) is 50.1 Å². The maximum absolute atomic E-state index is 14.2. The third-order valence-corrected chi connectivity index (χ3v) is 6.21. The molecule has 2 aromatic rings. The number of rotatable bonds is 7. The number of nitrogens with zero attached hydrogens (tertiary/aromatic N) is 3. The molecule has 1 aromatic heterocycles. The molecule has 2 fully saturated rings. The zero-order chi connectivity index (χ0) is 25.2. The molecular formula is C24H23F2N5O4. The van der Waals surface area contributed by atoms with E-state index in [1.807, 2.05) is 6.07 Å². The fourth-order valence-corrected chi connectivity index (χ4v) is 4.32. The minimum Gasteiger partial charge on any atom is -0.497 e. The summed E-state index contributed by atoms with van der Waals surface area (Å²) in [6, 6.07) is 9.64. The van der Waals surface area contributed by atoms with Crippen LogP contribution in [0.2, 0.25) is 0 Å². The zero-order valence-corrected chi connectivity index (χ0v) is 18.9. The van der Waals surface area contributed by atoms with E-state index in [0.717, 1.165) is 4.90 Å². The summed E-state index contributed by atoms with van der Waals surface area (Å²) in [5, 5.41) is 14.7. The number of pyridine rings is 1. The predicted octanol–water partition coefficient (Wildman–Crippen LogP) is 2.61. The second kappa shape index (κ2) is 9.29. The Balaban J connectivity index is 1.44. The van der Waals surface area contributed by atoms with E-state index in [2.05, 4.69) is 15.6 Å². The molecule has 0 unspecified atom stereocenters. The second-order valence-corrected chi connectivity index (χ2v) is 8.61. The maximum Gasteiger partial charge on any atom is 0.268 e.